The van der Waals surface area contributed by atoms with Crippen molar-refractivity contribution in [3.63, 3.8) is 0 Å². The average Bonchev–Trinajstić information content (AvgIpc) is 3.45. The Morgan fingerprint density at radius 3 is 2.33 bits per heavy atom. The second-order valence-electron chi connectivity index (χ2n) is 10.3. The second-order valence-corrected chi connectivity index (χ2v) is 15.2. The lowest BCUT2D eigenvalue weighted by Crippen LogP contribution is -2.32. The Labute approximate surface area is 243 Å². The molecule has 3 aromatic carbocycles. The van der Waals surface area contributed by atoms with E-state index in [1.54, 1.807) is 0 Å². The maximum atomic E-state index is 12.2. The Morgan fingerprint density at radius 2 is 1.62 bits per heavy atom. The molecule has 0 radical (unpaired) electrons. The third kappa shape index (κ3) is 5.93. The van der Waals surface area contributed by atoms with E-state index in [0.29, 0.717) is 11.3 Å². The molecule has 3 heterocycles. The predicted octanol–water partition coefficient (Wildman–Crippen LogP) is 3.94. The standard InChI is InChI=1S/C26H26ClN5O8P2/c27-26-30-23(29-18-6-5-16-9-14-3-1-2-4-15(14)10-17(16)11-18)20-24(31-26)32(12-28-20)25-22(34)21(33)19(40-25)7-8-41(35,36)13-42(37,38)39/h1-6,9-12,19,21-22,25,33-34H,7-8,13H2,(H,35,36)(H,29,30,31)(H2,37,38,39)/t19-,21?,22?,25-/m1/s1. The molecule has 42 heavy (non-hydrogen) atoms. The van der Waals surface area contributed by atoms with E-state index in [1.165, 1.54) is 10.9 Å². The molecule has 0 saturated carbocycles. The van der Waals surface area contributed by atoms with Gasteiger partial charge in [-0.2, -0.15) is 9.97 Å². The maximum Gasteiger partial charge on any atom is 0.335 e. The highest BCUT2D eigenvalue weighted by Crippen LogP contribution is 2.55. The monoisotopic (exact) mass is 633 g/mol. The quantitative estimate of drug-likeness (QED) is 0.0818. The van der Waals surface area contributed by atoms with Crippen LogP contribution in [0.2, 0.25) is 5.28 Å². The summed E-state index contributed by atoms with van der Waals surface area (Å²) in [6.07, 6.45) is -4.59. The molecule has 0 bridgehead atoms. The normalized spacial score (nSPS) is 22.6. The molecule has 1 fully saturated rings. The largest absolute Gasteiger partial charge is 0.388 e. The summed E-state index contributed by atoms with van der Waals surface area (Å²) in [6.45, 7) is 0. The topological polar surface area (TPSA) is 200 Å². The van der Waals surface area contributed by atoms with E-state index in [0.717, 1.165) is 27.2 Å². The number of nitrogens with one attached hydrogen (secondary N) is 1. The molecule has 1 aliphatic heterocycles. The predicted molar refractivity (Wildman–Crippen MR) is 157 cm³/mol. The highest BCUT2D eigenvalue weighted by molar-refractivity contribution is 7.72. The van der Waals surface area contributed by atoms with E-state index in [4.69, 9.17) is 26.1 Å². The molecule has 5 atom stereocenters. The van der Waals surface area contributed by atoms with Gasteiger partial charge in [0.25, 0.3) is 0 Å². The third-order valence-corrected chi connectivity index (χ3v) is 11.5. The van der Waals surface area contributed by atoms with Crippen molar-refractivity contribution >= 4 is 70.8 Å². The number of anilines is 2. The van der Waals surface area contributed by atoms with Crippen molar-refractivity contribution in [2.45, 2.75) is 31.0 Å². The van der Waals surface area contributed by atoms with Crippen LogP contribution in [0.1, 0.15) is 12.6 Å². The first-order valence-corrected chi connectivity index (χ1v) is 17.0. The molecule has 6 rings (SSSR count). The van der Waals surface area contributed by atoms with Crippen LogP contribution in [0.3, 0.4) is 0 Å². The van der Waals surface area contributed by atoms with E-state index in [1.807, 2.05) is 36.4 Å². The molecule has 5 aromatic rings. The minimum atomic E-state index is -4.72. The number of rotatable bonds is 8. The molecule has 2 aromatic heterocycles. The van der Waals surface area contributed by atoms with Crippen molar-refractivity contribution in [1.29, 1.82) is 0 Å². The first-order chi connectivity index (χ1) is 19.9. The first kappa shape index (κ1) is 29.1. The highest BCUT2D eigenvalue weighted by Gasteiger charge is 2.45. The molecule has 16 heteroatoms. The third-order valence-electron chi connectivity index (χ3n) is 7.14. The highest BCUT2D eigenvalue weighted by atomic mass is 35.5. The molecular weight excluding hydrogens is 608 g/mol. The van der Waals surface area contributed by atoms with Crippen LogP contribution in [0, 0.1) is 0 Å². The Hall–Kier alpha value is -2.96. The number of ether oxygens (including phenoxy) is 1. The fourth-order valence-corrected chi connectivity index (χ4v) is 8.89. The summed E-state index contributed by atoms with van der Waals surface area (Å²) in [7, 11) is -8.93. The summed E-state index contributed by atoms with van der Waals surface area (Å²) in [5.74, 6) is -0.882. The number of hydrogen-bond donors (Lipinski definition) is 6. The van der Waals surface area contributed by atoms with E-state index < -0.39 is 51.6 Å². The van der Waals surface area contributed by atoms with Gasteiger partial charge in [-0.25, -0.2) is 4.98 Å². The van der Waals surface area contributed by atoms with Gasteiger partial charge in [0.1, 0.15) is 18.1 Å². The van der Waals surface area contributed by atoms with Gasteiger partial charge in [0, 0.05) is 11.8 Å². The van der Waals surface area contributed by atoms with Gasteiger partial charge in [-0.05, 0) is 63.8 Å². The Kier molecular flexibility index (Phi) is 7.59. The first-order valence-electron chi connectivity index (χ1n) is 12.8. The maximum absolute atomic E-state index is 12.2. The fraction of sp³-hybridized carbons (Fsp3) is 0.269. The van der Waals surface area contributed by atoms with Crippen LogP contribution in [0.15, 0.2) is 60.9 Å². The van der Waals surface area contributed by atoms with Crippen LogP contribution in [0.5, 0.6) is 0 Å². The van der Waals surface area contributed by atoms with Crippen LogP contribution < -0.4 is 5.32 Å². The Bertz CT molecular complexity index is 1920. The number of aromatic nitrogens is 4. The molecular formula is C26H26ClN5O8P2. The number of halogens is 1. The van der Waals surface area contributed by atoms with Crippen LogP contribution in [0.25, 0.3) is 32.7 Å². The molecule has 6 N–H and O–H groups in total. The SMILES string of the molecule is O=P(O)(O)CP(=O)(O)CC[C@H]1O[C@@H](n2cnc3c(Nc4ccc5cc6ccccc6cc5c4)nc(Cl)nc32)C(O)C1O. The number of hydrogen-bond acceptors (Lipinski definition) is 9. The van der Waals surface area contributed by atoms with Crippen LogP contribution in [0.4, 0.5) is 11.5 Å². The summed E-state index contributed by atoms with van der Waals surface area (Å²) in [5, 5.41) is 28.8. The number of aliphatic hydroxyl groups is 2. The molecule has 0 amide bonds. The second kappa shape index (κ2) is 10.9. The zero-order chi connectivity index (χ0) is 29.8. The van der Waals surface area contributed by atoms with Gasteiger partial charge in [0.05, 0.1) is 12.4 Å². The van der Waals surface area contributed by atoms with Crippen LogP contribution in [-0.4, -0.2) is 74.8 Å². The van der Waals surface area contributed by atoms with Crippen molar-refractivity contribution in [2.24, 2.45) is 0 Å². The van der Waals surface area contributed by atoms with Crippen LogP contribution in [-0.2, 0) is 13.9 Å². The smallest absolute Gasteiger partial charge is 0.335 e. The zero-order valence-electron chi connectivity index (χ0n) is 21.7. The zero-order valence-corrected chi connectivity index (χ0v) is 24.3. The van der Waals surface area contributed by atoms with Gasteiger partial charge in [-0.3, -0.25) is 13.7 Å². The molecule has 1 aliphatic rings. The Balaban J connectivity index is 1.26. The minimum absolute atomic E-state index is 0.109. The molecule has 220 valence electrons. The molecule has 0 spiro atoms. The van der Waals surface area contributed by atoms with Gasteiger partial charge in [-0.15, -0.1) is 0 Å². The number of imidazole rings is 1. The van der Waals surface area contributed by atoms with Crippen LogP contribution >= 0.6 is 26.6 Å². The van der Waals surface area contributed by atoms with E-state index >= 15 is 0 Å². The van der Waals surface area contributed by atoms with Crippen molar-refractivity contribution in [3.8, 4) is 0 Å². The number of benzene rings is 3. The van der Waals surface area contributed by atoms with Crippen molar-refractivity contribution in [2.75, 3.05) is 17.4 Å². The molecule has 3 unspecified atom stereocenters. The van der Waals surface area contributed by atoms with Gasteiger partial charge in [0.15, 0.2) is 23.2 Å². The Morgan fingerprint density at radius 1 is 0.929 bits per heavy atom. The lowest BCUT2D eigenvalue weighted by molar-refractivity contribution is -0.0354. The number of aliphatic hydroxyl groups excluding tert-OH is 2. The van der Waals surface area contributed by atoms with E-state index in [-0.39, 0.29) is 17.4 Å². The fourth-order valence-electron chi connectivity index (χ4n) is 5.20. The number of nitrogens with zero attached hydrogens (tertiary/aromatic N) is 4. The van der Waals surface area contributed by atoms with Crippen molar-refractivity contribution in [3.05, 3.63) is 66.2 Å². The summed E-state index contributed by atoms with van der Waals surface area (Å²) in [6, 6.07) is 18.1. The molecule has 1 saturated heterocycles. The lowest BCUT2D eigenvalue weighted by Gasteiger charge is -2.18. The van der Waals surface area contributed by atoms with E-state index in [9.17, 15) is 24.2 Å². The lowest BCUT2D eigenvalue weighted by atomic mass is 10.0. The van der Waals surface area contributed by atoms with Crippen molar-refractivity contribution in [1.82, 2.24) is 19.5 Å². The van der Waals surface area contributed by atoms with Gasteiger partial charge in [0.2, 0.25) is 12.7 Å². The summed E-state index contributed by atoms with van der Waals surface area (Å²) in [4.78, 5) is 41.0. The van der Waals surface area contributed by atoms with Crippen molar-refractivity contribution < 1.29 is 38.8 Å². The summed E-state index contributed by atoms with van der Waals surface area (Å²) in [5.41, 5.74) is 1.24. The average molecular weight is 634 g/mol. The molecule has 0 aliphatic carbocycles. The number of fused-ring (bicyclic) bond motifs is 3. The summed E-state index contributed by atoms with van der Waals surface area (Å²) < 4.78 is 30.6. The van der Waals surface area contributed by atoms with Gasteiger partial charge in [-0.1, -0.05) is 30.3 Å². The summed E-state index contributed by atoms with van der Waals surface area (Å²) >= 11 is 6.25. The van der Waals surface area contributed by atoms with Gasteiger partial charge >= 0.3 is 7.60 Å². The van der Waals surface area contributed by atoms with E-state index in [2.05, 4.69) is 38.5 Å². The van der Waals surface area contributed by atoms with Gasteiger partial charge < -0.3 is 34.9 Å². The molecule has 13 nitrogen and oxygen atoms in total. The minimum Gasteiger partial charge on any atom is -0.388 e.